The smallest absolute Gasteiger partial charge is 0.220 e. The maximum absolute atomic E-state index is 5.58. The predicted molar refractivity (Wildman–Crippen MR) is 59.7 cm³/mol. The van der Waals surface area contributed by atoms with Crippen LogP contribution in [0.25, 0.3) is 0 Å². The van der Waals surface area contributed by atoms with Crippen LogP contribution < -0.4 is 14.8 Å². The number of nitrogens with one attached hydrogen (secondary N) is 1. The topological polar surface area (TPSA) is 56.3 Å². The lowest BCUT2D eigenvalue weighted by Crippen LogP contribution is -2.28. The molecule has 1 aromatic rings. The summed E-state index contributed by atoms with van der Waals surface area (Å²) in [5.74, 6) is 1.14. The molecule has 1 fully saturated rings. The molecule has 88 valence electrons. The summed E-state index contributed by atoms with van der Waals surface area (Å²) in [6, 6.07) is 2.17. The van der Waals surface area contributed by atoms with E-state index in [1.54, 1.807) is 6.07 Å². The normalized spacial score (nSPS) is 19.7. The number of hydrogen-bond acceptors (Lipinski definition) is 5. The van der Waals surface area contributed by atoms with Gasteiger partial charge < -0.3 is 14.8 Å². The van der Waals surface area contributed by atoms with Gasteiger partial charge in [0, 0.05) is 6.04 Å². The van der Waals surface area contributed by atoms with Crippen molar-refractivity contribution in [2.75, 3.05) is 19.8 Å². The lowest BCUT2D eigenvalue weighted by atomic mass is 10.2. The van der Waals surface area contributed by atoms with Crippen molar-refractivity contribution >= 4 is 0 Å². The fraction of sp³-hybridized carbons (Fsp3) is 0.636. The van der Waals surface area contributed by atoms with Crippen LogP contribution in [-0.2, 0) is 0 Å². The SMILES string of the molecule is CCOc1cc(OCC2CCCN2)ncn1. The molecule has 0 bridgehead atoms. The molecule has 1 N–H and O–H groups in total. The molecule has 0 aromatic carbocycles. The number of hydrogen-bond donors (Lipinski definition) is 1. The molecular weight excluding hydrogens is 206 g/mol. The second kappa shape index (κ2) is 5.65. The molecule has 0 aliphatic carbocycles. The second-order valence-electron chi connectivity index (χ2n) is 3.73. The van der Waals surface area contributed by atoms with Crippen LogP contribution in [0.3, 0.4) is 0 Å². The third-order valence-electron chi connectivity index (χ3n) is 2.50. The van der Waals surface area contributed by atoms with Gasteiger partial charge >= 0.3 is 0 Å². The van der Waals surface area contributed by atoms with Crippen LogP contribution in [0.5, 0.6) is 11.8 Å². The first-order valence-electron chi connectivity index (χ1n) is 5.69. The summed E-state index contributed by atoms with van der Waals surface area (Å²) in [6.45, 7) is 4.26. The van der Waals surface area contributed by atoms with E-state index >= 15 is 0 Å². The average molecular weight is 223 g/mol. The number of nitrogens with zero attached hydrogens (tertiary/aromatic N) is 2. The maximum atomic E-state index is 5.58. The number of rotatable bonds is 5. The molecule has 0 amide bonds. The molecule has 1 aliphatic heterocycles. The highest BCUT2D eigenvalue weighted by atomic mass is 16.5. The van der Waals surface area contributed by atoms with E-state index in [-0.39, 0.29) is 0 Å². The van der Waals surface area contributed by atoms with Gasteiger partial charge in [0.25, 0.3) is 0 Å². The van der Waals surface area contributed by atoms with Gasteiger partial charge in [-0.25, -0.2) is 9.97 Å². The molecule has 5 nitrogen and oxygen atoms in total. The Bertz CT molecular complexity index is 327. The first-order chi connectivity index (χ1) is 7.88. The molecule has 0 spiro atoms. The molecule has 2 heterocycles. The molecule has 0 saturated carbocycles. The van der Waals surface area contributed by atoms with Crippen molar-refractivity contribution in [1.29, 1.82) is 0 Å². The van der Waals surface area contributed by atoms with Gasteiger partial charge in [0.1, 0.15) is 12.9 Å². The third-order valence-corrected chi connectivity index (χ3v) is 2.50. The van der Waals surface area contributed by atoms with E-state index in [9.17, 15) is 0 Å². The summed E-state index contributed by atoms with van der Waals surface area (Å²) < 4.78 is 10.9. The second-order valence-corrected chi connectivity index (χ2v) is 3.73. The molecule has 1 unspecified atom stereocenters. The summed E-state index contributed by atoms with van der Waals surface area (Å²) >= 11 is 0. The zero-order valence-electron chi connectivity index (χ0n) is 9.48. The van der Waals surface area contributed by atoms with Gasteiger partial charge in [-0.15, -0.1) is 0 Å². The van der Waals surface area contributed by atoms with Gasteiger partial charge in [0.2, 0.25) is 11.8 Å². The lowest BCUT2D eigenvalue weighted by Gasteiger charge is -2.11. The van der Waals surface area contributed by atoms with E-state index < -0.39 is 0 Å². The average Bonchev–Trinajstić information content (AvgIpc) is 2.80. The fourth-order valence-electron chi connectivity index (χ4n) is 1.71. The molecule has 16 heavy (non-hydrogen) atoms. The van der Waals surface area contributed by atoms with E-state index in [2.05, 4.69) is 15.3 Å². The largest absolute Gasteiger partial charge is 0.478 e. The lowest BCUT2D eigenvalue weighted by molar-refractivity contribution is 0.262. The summed E-state index contributed by atoms with van der Waals surface area (Å²) in [5.41, 5.74) is 0. The van der Waals surface area contributed by atoms with Crippen molar-refractivity contribution < 1.29 is 9.47 Å². The highest BCUT2D eigenvalue weighted by Crippen LogP contribution is 2.14. The van der Waals surface area contributed by atoms with Crippen molar-refractivity contribution in [3.8, 4) is 11.8 Å². The molecule has 2 rings (SSSR count). The minimum atomic E-state index is 0.450. The van der Waals surface area contributed by atoms with Crippen LogP contribution in [0.2, 0.25) is 0 Å². The van der Waals surface area contributed by atoms with Crippen molar-refractivity contribution in [3.63, 3.8) is 0 Å². The van der Waals surface area contributed by atoms with Crippen LogP contribution in [-0.4, -0.2) is 35.8 Å². The van der Waals surface area contributed by atoms with Gasteiger partial charge in [-0.1, -0.05) is 0 Å². The summed E-state index contributed by atoms with van der Waals surface area (Å²) in [7, 11) is 0. The molecule has 1 aromatic heterocycles. The Kier molecular flexibility index (Phi) is 3.93. The molecule has 1 atom stereocenters. The van der Waals surface area contributed by atoms with E-state index in [1.165, 1.54) is 19.2 Å². The molecule has 0 radical (unpaired) electrons. The number of ether oxygens (including phenoxy) is 2. The summed E-state index contributed by atoms with van der Waals surface area (Å²) in [4.78, 5) is 8.02. The molecule has 1 aliphatic rings. The first-order valence-corrected chi connectivity index (χ1v) is 5.69. The van der Waals surface area contributed by atoms with Crippen molar-refractivity contribution in [2.24, 2.45) is 0 Å². The quantitative estimate of drug-likeness (QED) is 0.807. The molecule has 1 saturated heterocycles. The Morgan fingerprint density at radius 1 is 1.38 bits per heavy atom. The van der Waals surface area contributed by atoms with Gasteiger partial charge in [-0.2, -0.15) is 0 Å². The zero-order chi connectivity index (χ0) is 11.2. The minimum absolute atomic E-state index is 0.450. The predicted octanol–water partition coefficient (Wildman–Crippen LogP) is 1.01. The molecule has 5 heteroatoms. The third kappa shape index (κ3) is 3.06. The minimum Gasteiger partial charge on any atom is -0.478 e. The Morgan fingerprint density at radius 2 is 2.19 bits per heavy atom. The monoisotopic (exact) mass is 223 g/mol. The number of aromatic nitrogens is 2. The van der Waals surface area contributed by atoms with Crippen LogP contribution in [0, 0.1) is 0 Å². The Balaban J connectivity index is 1.85. The van der Waals surface area contributed by atoms with Gasteiger partial charge in [0.05, 0.1) is 12.7 Å². The van der Waals surface area contributed by atoms with E-state index in [0.29, 0.717) is 31.0 Å². The maximum Gasteiger partial charge on any atom is 0.220 e. The summed E-state index contributed by atoms with van der Waals surface area (Å²) in [6.07, 6.45) is 3.85. The van der Waals surface area contributed by atoms with Crippen LogP contribution in [0.1, 0.15) is 19.8 Å². The Labute approximate surface area is 95.2 Å². The highest BCUT2D eigenvalue weighted by Gasteiger charge is 2.14. The highest BCUT2D eigenvalue weighted by molar-refractivity contribution is 5.18. The van der Waals surface area contributed by atoms with E-state index in [4.69, 9.17) is 9.47 Å². The van der Waals surface area contributed by atoms with Crippen molar-refractivity contribution in [1.82, 2.24) is 15.3 Å². The van der Waals surface area contributed by atoms with Crippen LogP contribution in [0.15, 0.2) is 12.4 Å². The van der Waals surface area contributed by atoms with E-state index in [0.717, 1.165) is 6.54 Å². The molecular formula is C11H17N3O2. The van der Waals surface area contributed by atoms with Gasteiger partial charge in [-0.3, -0.25) is 0 Å². The first kappa shape index (κ1) is 11.1. The van der Waals surface area contributed by atoms with Gasteiger partial charge in [-0.05, 0) is 26.3 Å². The van der Waals surface area contributed by atoms with Crippen LogP contribution in [0.4, 0.5) is 0 Å². The van der Waals surface area contributed by atoms with Gasteiger partial charge in [0.15, 0.2) is 0 Å². The Hall–Kier alpha value is -1.36. The zero-order valence-corrected chi connectivity index (χ0v) is 9.48. The van der Waals surface area contributed by atoms with E-state index in [1.807, 2.05) is 6.92 Å². The summed E-state index contributed by atoms with van der Waals surface area (Å²) in [5, 5.41) is 3.37. The Morgan fingerprint density at radius 3 is 2.88 bits per heavy atom. The van der Waals surface area contributed by atoms with Crippen molar-refractivity contribution in [2.45, 2.75) is 25.8 Å². The fourth-order valence-corrected chi connectivity index (χ4v) is 1.71. The van der Waals surface area contributed by atoms with Crippen LogP contribution >= 0.6 is 0 Å². The van der Waals surface area contributed by atoms with Crippen molar-refractivity contribution in [3.05, 3.63) is 12.4 Å². The standard InChI is InChI=1S/C11H17N3O2/c1-2-15-10-6-11(14-8-13-10)16-7-9-4-3-5-12-9/h6,8-9,12H,2-5,7H2,1H3.